The molecule has 1 amide bonds. The lowest BCUT2D eigenvalue weighted by atomic mass is 10.2. The fraction of sp³-hybridized carbons (Fsp3) is 0.261. The monoisotopic (exact) mass is 380 g/mol. The Bertz CT molecular complexity index is 906. The van der Waals surface area contributed by atoms with Crippen molar-refractivity contribution in [2.45, 2.75) is 39.5 Å². The van der Waals surface area contributed by atoms with Crippen molar-refractivity contribution >= 4 is 5.91 Å². The molecule has 0 atom stereocenters. The number of benzene rings is 2. The van der Waals surface area contributed by atoms with Crippen LogP contribution in [0.15, 0.2) is 71.1 Å². The predicted molar refractivity (Wildman–Crippen MR) is 107 cm³/mol. The number of furan rings is 1. The van der Waals surface area contributed by atoms with Crippen LogP contribution in [-0.2, 0) is 19.6 Å². The quantitative estimate of drug-likeness (QED) is 0.613. The van der Waals surface area contributed by atoms with Gasteiger partial charge < -0.3 is 9.73 Å². The van der Waals surface area contributed by atoms with E-state index in [-0.39, 0.29) is 17.8 Å². The number of carbonyl (C=O) groups excluding carboxylic acids is 1. The Morgan fingerprint density at radius 1 is 1.00 bits per heavy atom. The summed E-state index contributed by atoms with van der Waals surface area (Å²) in [4.78, 5) is 14.5. The van der Waals surface area contributed by atoms with Gasteiger partial charge in [-0.25, -0.2) is 4.39 Å². The second-order valence-corrected chi connectivity index (χ2v) is 7.06. The minimum atomic E-state index is -0.240. The Hall–Kier alpha value is -2.92. The predicted octanol–water partition coefficient (Wildman–Crippen LogP) is 4.76. The molecule has 0 aliphatic carbocycles. The van der Waals surface area contributed by atoms with E-state index in [1.54, 1.807) is 18.2 Å². The highest BCUT2D eigenvalue weighted by Gasteiger charge is 2.16. The van der Waals surface area contributed by atoms with Gasteiger partial charge in [-0.3, -0.25) is 9.69 Å². The number of halogens is 1. The molecule has 5 heteroatoms. The Balaban J connectivity index is 1.60. The summed E-state index contributed by atoms with van der Waals surface area (Å²) in [6, 6.07) is 20.1. The Morgan fingerprint density at radius 3 is 2.46 bits per heavy atom. The maximum atomic E-state index is 13.5. The zero-order valence-corrected chi connectivity index (χ0v) is 16.2. The number of nitrogens with zero attached hydrogens (tertiary/aromatic N) is 1. The first-order chi connectivity index (χ1) is 13.5. The molecule has 0 saturated heterocycles. The van der Waals surface area contributed by atoms with Crippen LogP contribution < -0.4 is 5.32 Å². The molecule has 4 nitrogen and oxygen atoms in total. The molecule has 3 aromatic rings. The van der Waals surface area contributed by atoms with Gasteiger partial charge in [0.2, 0.25) is 0 Å². The van der Waals surface area contributed by atoms with E-state index in [1.807, 2.05) is 42.5 Å². The van der Waals surface area contributed by atoms with E-state index in [9.17, 15) is 9.18 Å². The van der Waals surface area contributed by atoms with E-state index in [2.05, 4.69) is 24.1 Å². The van der Waals surface area contributed by atoms with E-state index in [0.29, 0.717) is 31.2 Å². The van der Waals surface area contributed by atoms with Crippen LogP contribution in [-0.4, -0.2) is 16.8 Å². The number of hydrogen-bond donors (Lipinski definition) is 1. The first-order valence-electron chi connectivity index (χ1n) is 9.40. The van der Waals surface area contributed by atoms with Gasteiger partial charge in [0.05, 0.1) is 6.54 Å². The maximum absolute atomic E-state index is 13.5. The fourth-order valence-electron chi connectivity index (χ4n) is 2.94. The summed E-state index contributed by atoms with van der Waals surface area (Å²) in [5, 5.41) is 2.86. The van der Waals surface area contributed by atoms with Crippen molar-refractivity contribution in [2.24, 2.45) is 0 Å². The van der Waals surface area contributed by atoms with Crippen LogP contribution in [0.2, 0.25) is 0 Å². The van der Waals surface area contributed by atoms with Crippen LogP contribution in [0.1, 0.15) is 41.3 Å². The number of hydrogen-bond acceptors (Lipinski definition) is 3. The average Bonchev–Trinajstić information content (AvgIpc) is 3.15. The Morgan fingerprint density at radius 2 is 1.75 bits per heavy atom. The molecule has 1 aromatic heterocycles. The number of carbonyl (C=O) groups is 1. The van der Waals surface area contributed by atoms with Crippen molar-refractivity contribution < 1.29 is 13.6 Å². The minimum Gasteiger partial charge on any atom is -0.455 e. The average molecular weight is 380 g/mol. The second-order valence-electron chi connectivity index (χ2n) is 7.06. The summed E-state index contributed by atoms with van der Waals surface area (Å²) in [5.41, 5.74) is 1.93. The van der Waals surface area contributed by atoms with Gasteiger partial charge in [0, 0.05) is 19.1 Å². The molecule has 0 bridgehead atoms. The molecule has 0 unspecified atom stereocenters. The van der Waals surface area contributed by atoms with Gasteiger partial charge in [-0.1, -0.05) is 42.5 Å². The van der Waals surface area contributed by atoms with Gasteiger partial charge in [-0.05, 0) is 49.2 Å². The third kappa shape index (κ3) is 5.54. The Labute approximate surface area is 165 Å². The van der Waals surface area contributed by atoms with Crippen LogP contribution in [0.5, 0.6) is 0 Å². The number of amides is 1. The van der Waals surface area contributed by atoms with E-state index < -0.39 is 0 Å². The van der Waals surface area contributed by atoms with E-state index in [1.165, 1.54) is 6.07 Å². The molecule has 146 valence electrons. The van der Waals surface area contributed by atoms with Crippen molar-refractivity contribution in [3.63, 3.8) is 0 Å². The lowest BCUT2D eigenvalue weighted by Gasteiger charge is -2.25. The molecular formula is C23H25FN2O2. The van der Waals surface area contributed by atoms with E-state index in [4.69, 9.17) is 4.42 Å². The zero-order chi connectivity index (χ0) is 19.9. The molecular weight excluding hydrogens is 355 g/mol. The lowest BCUT2D eigenvalue weighted by Crippen LogP contribution is -2.29. The summed E-state index contributed by atoms with van der Waals surface area (Å²) in [6.07, 6.45) is 0. The van der Waals surface area contributed by atoms with Crippen molar-refractivity contribution in [1.29, 1.82) is 0 Å². The van der Waals surface area contributed by atoms with Crippen LogP contribution in [0.25, 0.3) is 0 Å². The van der Waals surface area contributed by atoms with Crippen LogP contribution in [0.4, 0.5) is 4.39 Å². The largest absolute Gasteiger partial charge is 0.455 e. The van der Waals surface area contributed by atoms with Gasteiger partial charge in [-0.2, -0.15) is 0 Å². The molecule has 2 aromatic carbocycles. The van der Waals surface area contributed by atoms with Crippen molar-refractivity contribution in [3.8, 4) is 0 Å². The second kappa shape index (κ2) is 9.33. The molecule has 1 heterocycles. The topological polar surface area (TPSA) is 45.5 Å². The zero-order valence-electron chi connectivity index (χ0n) is 16.2. The first kappa shape index (κ1) is 19.8. The molecule has 1 N–H and O–H groups in total. The highest BCUT2D eigenvalue weighted by atomic mass is 19.1. The summed E-state index contributed by atoms with van der Waals surface area (Å²) in [7, 11) is 0. The molecule has 0 radical (unpaired) electrons. The minimum absolute atomic E-state index is 0.239. The molecule has 3 rings (SSSR count). The smallest absolute Gasteiger partial charge is 0.287 e. The number of rotatable bonds is 8. The summed E-state index contributed by atoms with van der Waals surface area (Å²) in [5.74, 6) is 0.517. The van der Waals surface area contributed by atoms with Crippen LogP contribution in [0.3, 0.4) is 0 Å². The fourth-order valence-corrected chi connectivity index (χ4v) is 2.94. The highest BCUT2D eigenvalue weighted by Crippen LogP contribution is 2.16. The standard InChI is InChI=1S/C23H25FN2O2/c1-17(2)26(15-19-9-6-10-20(24)13-19)16-21-11-12-22(28-21)23(27)25-14-18-7-4-3-5-8-18/h3-13,17H,14-16H2,1-2H3,(H,25,27). The number of nitrogens with one attached hydrogen (secondary N) is 1. The summed E-state index contributed by atoms with van der Waals surface area (Å²) in [6.45, 7) is 5.75. The summed E-state index contributed by atoms with van der Waals surface area (Å²) >= 11 is 0. The van der Waals surface area contributed by atoms with Crippen molar-refractivity contribution in [2.75, 3.05) is 0 Å². The highest BCUT2D eigenvalue weighted by molar-refractivity contribution is 5.91. The van der Waals surface area contributed by atoms with Gasteiger partial charge in [0.1, 0.15) is 11.6 Å². The van der Waals surface area contributed by atoms with Gasteiger partial charge in [0.15, 0.2) is 5.76 Å². The van der Waals surface area contributed by atoms with E-state index >= 15 is 0 Å². The van der Waals surface area contributed by atoms with Gasteiger partial charge >= 0.3 is 0 Å². The molecule has 0 fully saturated rings. The molecule has 0 saturated carbocycles. The molecule has 0 aliphatic heterocycles. The normalized spacial score (nSPS) is 11.2. The lowest BCUT2D eigenvalue weighted by molar-refractivity contribution is 0.0917. The molecule has 0 aliphatic rings. The molecule has 0 spiro atoms. The maximum Gasteiger partial charge on any atom is 0.287 e. The van der Waals surface area contributed by atoms with Gasteiger partial charge in [-0.15, -0.1) is 0 Å². The third-order valence-electron chi connectivity index (χ3n) is 4.55. The SMILES string of the molecule is CC(C)N(Cc1cccc(F)c1)Cc1ccc(C(=O)NCc2ccccc2)o1. The third-order valence-corrected chi connectivity index (χ3v) is 4.55. The van der Waals surface area contributed by atoms with E-state index in [0.717, 1.165) is 11.1 Å². The summed E-state index contributed by atoms with van der Waals surface area (Å²) < 4.78 is 19.2. The van der Waals surface area contributed by atoms with Crippen molar-refractivity contribution in [1.82, 2.24) is 10.2 Å². The molecule has 28 heavy (non-hydrogen) atoms. The first-order valence-corrected chi connectivity index (χ1v) is 9.40. The van der Waals surface area contributed by atoms with Gasteiger partial charge in [0.25, 0.3) is 5.91 Å². The van der Waals surface area contributed by atoms with Crippen LogP contribution >= 0.6 is 0 Å². The van der Waals surface area contributed by atoms with Crippen LogP contribution in [0, 0.1) is 5.82 Å². The Kier molecular flexibility index (Phi) is 6.61. The van der Waals surface area contributed by atoms with Crippen molar-refractivity contribution in [3.05, 3.63) is 95.2 Å².